The average Bonchev–Trinajstić information content (AvgIpc) is 2.73. The molecule has 0 saturated carbocycles. The summed E-state index contributed by atoms with van der Waals surface area (Å²) in [5.74, 6) is 0. The van der Waals surface area contributed by atoms with Crippen LogP contribution in [0.25, 0.3) is 0 Å². The van der Waals surface area contributed by atoms with Crippen LogP contribution in [0.15, 0.2) is 4.90 Å². The third kappa shape index (κ3) is 3.25. The van der Waals surface area contributed by atoms with E-state index >= 15 is 0 Å². The van der Waals surface area contributed by atoms with Gasteiger partial charge in [0.25, 0.3) is 0 Å². The number of aryl methyl sites for hydroxylation is 2. The molecular formula is C17H30N4O3S. The van der Waals surface area contributed by atoms with Gasteiger partial charge in [0, 0.05) is 38.9 Å². The molecule has 142 valence electrons. The first kappa shape index (κ1) is 18.8. The van der Waals surface area contributed by atoms with Crippen molar-refractivity contribution in [2.75, 3.05) is 39.4 Å². The molecule has 0 radical (unpaired) electrons. The van der Waals surface area contributed by atoms with E-state index in [1.165, 1.54) is 0 Å². The Kier molecular flexibility index (Phi) is 5.26. The summed E-state index contributed by atoms with van der Waals surface area (Å²) in [6.07, 6.45) is 2.63. The second kappa shape index (κ2) is 6.98. The van der Waals surface area contributed by atoms with Crippen LogP contribution in [0, 0.1) is 13.8 Å². The van der Waals surface area contributed by atoms with Gasteiger partial charge in [-0.15, -0.1) is 0 Å². The fraction of sp³-hybridized carbons (Fsp3) is 0.824. The second-order valence-corrected chi connectivity index (χ2v) is 9.11. The Morgan fingerprint density at radius 2 is 1.88 bits per heavy atom. The molecule has 8 heteroatoms. The fourth-order valence-corrected chi connectivity index (χ4v) is 6.32. The van der Waals surface area contributed by atoms with Gasteiger partial charge in [0.15, 0.2) is 0 Å². The first-order valence-corrected chi connectivity index (χ1v) is 10.6. The molecule has 0 aliphatic carbocycles. The molecule has 2 aliphatic heterocycles. The minimum Gasteiger partial charge on any atom is -0.381 e. The second-order valence-electron chi connectivity index (χ2n) is 7.23. The monoisotopic (exact) mass is 370 g/mol. The van der Waals surface area contributed by atoms with E-state index in [0.29, 0.717) is 42.6 Å². The van der Waals surface area contributed by atoms with Gasteiger partial charge in [0.05, 0.1) is 11.4 Å². The predicted octanol–water partition coefficient (Wildman–Crippen LogP) is 1.30. The Balaban J connectivity index is 1.98. The molecule has 25 heavy (non-hydrogen) atoms. The van der Waals surface area contributed by atoms with Crippen LogP contribution in [-0.4, -0.2) is 72.3 Å². The van der Waals surface area contributed by atoms with Crippen LogP contribution in [0.2, 0.25) is 0 Å². The van der Waals surface area contributed by atoms with Crippen molar-refractivity contribution in [2.24, 2.45) is 7.05 Å². The van der Waals surface area contributed by atoms with E-state index in [1.807, 2.05) is 6.92 Å². The van der Waals surface area contributed by atoms with Crippen LogP contribution < -0.4 is 0 Å². The number of aromatic nitrogens is 2. The molecule has 1 spiro atoms. The Morgan fingerprint density at radius 1 is 1.20 bits per heavy atom. The van der Waals surface area contributed by atoms with Crippen molar-refractivity contribution >= 4 is 10.0 Å². The summed E-state index contributed by atoms with van der Waals surface area (Å²) in [4.78, 5) is 2.84. The Labute approximate surface area is 151 Å². The van der Waals surface area contributed by atoms with Crippen molar-refractivity contribution in [1.29, 1.82) is 0 Å². The lowest BCUT2D eigenvalue weighted by atomic mass is 9.88. The van der Waals surface area contributed by atoms with Gasteiger partial charge < -0.3 is 4.74 Å². The van der Waals surface area contributed by atoms with Gasteiger partial charge in [-0.3, -0.25) is 9.58 Å². The highest BCUT2D eigenvalue weighted by Crippen LogP contribution is 2.34. The number of hydrogen-bond donors (Lipinski definition) is 0. The fourth-order valence-electron chi connectivity index (χ4n) is 4.36. The molecule has 0 bridgehead atoms. The normalized spacial score (nSPS) is 23.0. The molecule has 0 unspecified atom stereocenters. The standard InChI is InChI=1S/C17H30N4O3S/c1-5-20-9-6-10-21(13-17(20)7-11-24-12-8-17)25(22,23)16-14(2)18-19(4)15(16)3/h5-13H2,1-4H3. The van der Waals surface area contributed by atoms with Crippen LogP contribution in [0.1, 0.15) is 37.6 Å². The zero-order valence-corrected chi connectivity index (χ0v) is 16.6. The van der Waals surface area contributed by atoms with Crippen molar-refractivity contribution in [3.63, 3.8) is 0 Å². The minimum atomic E-state index is -3.55. The summed E-state index contributed by atoms with van der Waals surface area (Å²) in [6.45, 7) is 10.2. The number of rotatable bonds is 3. The van der Waals surface area contributed by atoms with Crippen molar-refractivity contribution < 1.29 is 13.2 Å². The summed E-state index contributed by atoms with van der Waals surface area (Å²) >= 11 is 0. The number of sulfonamides is 1. The average molecular weight is 371 g/mol. The molecule has 2 aliphatic rings. The summed E-state index contributed by atoms with van der Waals surface area (Å²) < 4.78 is 35.8. The van der Waals surface area contributed by atoms with E-state index < -0.39 is 10.0 Å². The Bertz CT molecular complexity index is 722. The molecule has 2 saturated heterocycles. The number of hydrogen-bond acceptors (Lipinski definition) is 5. The van der Waals surface area contributed by atoms with Crippen LogP contribution in [-0.2, 0) is 21.8 Å². The lowest BCUT2D eigenvalue weighted by Gasteiger charge is -2.46. The Morgan fingerprint density at radius 3 is 2.44 bits per heavy atom. The van der Waals surface area contributed by atoms with Crippen molar-refractivity contribution in [3.05, 3.63) is 11.4 Å². The van der Waals surface area contributed by atoms with Crippen molar-refractivity contribution in [1.82, 2.24) is 19.0 Å². The van der Waals surface area contributed by atoms with E-state index in [0.717, 1.165) is 32.4 Å². The molecule has 0 N–H and O–H groups in total. The van der Waals surface area contributed by atoms with Gasteiger partial charge >= 0.3 is 0 Å². The maximum atomic E-state index is 13.4. The molecule has 0 atom stereocenters. The quantitative estimate of drug-likeness (QED) is 0.802. The molecule has 3 heterocycles. The van der Waals surface area contributed by atoms with E-state index in [1.54, 1.807) is 23.0 Å². The summed E-state index contributed by atoms with van der Waals surface area (Å²) in [5.41, 5.74) is 1.17. The number of ether oxygens (including phenoxy) is 1. The predicted molar refractivity (Wildman–Crippen MR) is 96.1 cm³/mol. The van der Waals surface area contributed by atoms with Crippen LogP contribution in [0.3, 0.4) is 0 Å². The van der Waals surface area contributed by atoms with Crippen molar-refractivity contribution in [3.8, 4) is 0 Å². The molecule has 7 nitrogen and oxygen atoms in total. The zero-order valence-electron chi connectivity index (χ0n) is 15.8. The molecule has 3 rings (SSSR count). The highest BCUT2D eigenvalue weighted by molar-refractivity contribution is 7.89. The molecule has 1 aromatic heterocycles. The number of likely N-dealkylation sites (N-methyl/N-ethyl adjacent to an activating group) is 1. The third-order valence-electron chi connectivity index (χ3n) is 5.82. The largest absolute Gasteiger partial charge is 0.381 e. The molecule has 0 aromatic carbocycles. The van der Waals surface area contributed by atoms with Gasteiger partial charge in [-0.2, -0.15) is 9.40 Å². The maximum absolute atomic E-state index is 13.4. The van der Waals surface area contributed by atoms with Gasteiger partial charge in [-0.25, -0.2) is 8.42 Å². The summed E-state index contributed by atoms with van der Waals surface area (Å²) in [6, 6.07) is 0. The lowest BCUT2D eigenvalue weighted by molar-refractivity contribution is -0.0263. The highest BCUT2D eigenvalue weighted by atomic mass is 32.2. The summed E-state index contributed by atoms with van der Waals surface area (Å²) in [5, 5.41) is 4.31. The minimum absolute atomic E-state index is 0.111. The van der Waals surface area contributed by atoms with Gasteiger partial charge in [0.2, 0.25) is 10.0 Å². The first-order valence-electron chi connectivity index (χ1n) is 9.15. The number of nitrogens with zero attached hydrogens (tertiary/aromatic N) is 4. The topological polar surface area (TPSA) is 67.7 Å². The van der Waals surface area contributed by atoms with Crippen LogP contribution in [0.4, 0.5) is 0 Å². The molecule has 0 amide bonds. The molecular weight excluding hydrogens is 340 g/mol. The Hall–Kier alpha value is -0.960. The third-order valence-corrected chi connectivity index (χ3v) is 7.92. The van der Waals surface area contributed by atoms with E-state index in [9.17, 15) is 8.42 Å². The lowest BCUT2D eigenvalue weighted by Crippen LogP contribution is -2.57. The first-order chi connectivity index (χ1) is 11.8. The van der Waals surface area contributed by atoms with Crippen molar-refractivity contribution in [2.45, 2.75) is 50.5 Å². The van der Waals surface area contributed by atoms with Crippen LogP contribution >= 0.6 is 0 Å². The smallest absolute Gasteiger partial charge is 0.246 e. The van der Waals surface area contributed by atoms with Gasteiger partial charge in [0.1, 0.15) is 4.90 Å². The SMILES string of the molecule is CCN1CCCN(S(=O)(=O)c2c(C)nn(C)c2C)CC12CCOCC2. The van der Waals surface area contributed by atoms with Crippen LogP contribution in [0.5, 0.6) is 0 Å². The van der Waals surface area contributed by atoms with E-state index in [-0.39, 0.29) is 5.54 Å². The highest BCUT2D eigenvalue weighted by Gasteiger charge is 2.44. The van der Waals surface area contributed by atoms with Gasteiger partial charge in [-0.1, -0.05) is 6.92 Å². The molecule has 2 fully saturated rings. The summed E-state index contributed by atoms with van der Waals surface area (Å²) in [7, 11) is -1.76. The zero-order chi connectivity index (χ0) is 18.2. The van der Waals surface area contributed by atoms with Gasteiger partial charge in [-0.05, 0) is 46.2 Å². The van der Waals surface area contributed by atoms with E-state index in [2.05, 4.69) is 16.9 Å². The van der Waals surface area contributed by atoms with E-state index in [4.69, 9.17) is 4.74 Å². The maximum Gasteiger partial charge on any atom is 0.246 e. The molecule has 1 aromatic rings.